The number of carbonyl (C=O) groups excluding carboxylic acids is 1. The van der Waals surface area contributed by atoms with E-state index in [1.165, 1.54) is 6.08 Å². The van der Waals surface area contributed by atoms with Gasteiger partial charge in [0, 0.05) is 11.5 Å². The molecule has 0 saturated carbocycles. The smallest absolute Gasteiger partial charge is 0.328 e. The van der Waals surface area contributed by atoms with Gasteiger partial charge in [-0.05, 0) is 24.6 Å². The summed E-state index contributed by atoms with van der Waals surface area (Å²) in [6.45, 7) is 5.66. The monoisotopic (exact) mass is 262 g/mol. The van der Waals surface area contributed by atoms with Gasteiger partial charge in [0.15, 0.2) is 0 Å². The van der Waals surface area contributed by atoms with E-state index in [1.807, 2.05) is 20.8 Å². The molecule has 19 heavy (non-hydrogen) atoms. The third-order valence-electron chi connectivity index (χ3n) is 2.91. The predicted octanol–water partition coefficient (Wildman–Crippen LogP) is 2.55. The fourth-order valence-electron chi connectivity index (χ4n) is 1.22. The first-order valence-corrected chi connectivity index (χ1v) is 6.04. The molecule has 1 aromatic heterocycles. The van der Waals surface area contributed by atoms with Crippen LogP contribution in [-0.4, -0.2) is 22.0 Å². The highest BCUT2D eigenvalue weighted by molar-refractivity contribution is 5.94. The molecule has 0 fully saturated rings. The van der Waals surface area contributed by atoms with Gasteiger partial charge in [0.2, 0.25) is 5.91 Å². The molecule has 1 heterocycles. The number of hydrogen-bond acceptors (Lipinski definition) is 3. The molecule has 0 atom stereocenters. The number of aliphatic carboxylic acids is 1. The van der Waals surface area contributed by atoms with Crippen LogP contribution in [-0.2, 0) is 9.59 Å². The zero-order chi connectivity index (χ0) is 14.5. The number of carboxylic acid groups (broad SMARTS) is 1. The van der Waals surface area contributed by atoms with Gasteiger partial charge in [0.25, 0.3) is 0 Å². The Labute approximate surface area is 112 Å². The first kappa shape index (κ1) is 14.9. The summed E-state index contributed by atoms with van der Waals surface area (Å²) in [6.07, 6.45) is 3.10. The van der Waals surface area contributed by atoms with E-state index in [4.69, 9.17) is 5.11 Å². The molecule has 2 N–H and O–H groups in total. The lowest BCUT2D eigenvalue weighted by molar-refractivity contribution is -0.131. The van der Waals surface area contributed by atoms with Crippen molar-refractivity contribution in [1.82, 2.24) is 4.98 Å². The topological polar surface area (TPSA) is 79.3 Å². The molecule has 1 rings (SSSR count). The van der Waals surface area contributed by atoms with Crippen LogP contribution < -0.4 is 5.32 Å². The Morgan fingerprint density at radius 3 is 2.68 bits per heavy atom. The number of amides is 1. The Kier molecular flexibility index (Phi) is 4.80. The summed E-state index contributed by atoms with van der Waals surface area (Å²) < 4.78 is 0. The Morgan fingerprint density at radius 1 is 1.42 bits per heavy atom. The molecular weight excluding hydrogens is 244 g/mol. The van der Waals surface area contributed by atoms with Crippen LogP contribution in [0.3, 0.4) is 0 Å². The average molecular weight is 262 g/mol. The van der Waals surface area contributed by atoms with Gasteiger partial charge in [0.1, 0.15) is 5.82 Å². The summed E-state index contributed by atoms with van der Waals surface area (Å²) in [4.78, 5) is 26.6. The van der Waals surface area contributed by atoms with Gasteiger partial charge in [-0.2, -0.15) is 0 Å². The molecule has 0 aromatic carbocycles. The summed E-state index contributed by atoms with van der Waals surface area (Å²) in [6, 6.07) is 5.05. The minimum Gasteiger partial charge on any atom is -0.478 e. The van der Waals surface area contributed by atoms with E-state index in [1.54, 1.807) is 18.2 Å². The number of aromatic nitrogens is 1. The molecule has 0 aliphatic heterocycles. The number of nitrogens with zero attached hydrogens (tertiary/aromatic N) is 1. The third-order valence-corrected chi connectivity index (χ3v) is 2.91. The first-order valence-electron chi connectivity index (χ1n) is 6.04. The fourth-order valence-corrected chi connectivity index (χ4v) is 1.22. The highest BCUT2D eigenvalue weighted by Gasteiger charge is 2.25. The molecule has 5 heteroatoms. The average Bonchev–Trinajstić information content (AvgIpc) is 2.36. The maximum absolute atomic E-state index is 12.0. The Bertz CT molecular complexity index is 507. The highest BCUT2D eigenvalue weighted by Crippen LogP contribution is 2.21. The summed E-state index contributed by atoms with van der Waals surface area (Å²) in [5, 5.41) is 11.3. The summed E-state index contributed by atoms with van der Waals surface area (Å²) >= 11 is 0. The second-order valence-corrected chi connectivity index (χ2v) is 4.81. The van der Waals surface area contributed by atoms with Crippen molar-refractivity contribution in [3.8, 4) is 0 Å². The lowest BCUT2D eigenvalue weighted by Gasteiger charge is -2.21. The maximum Gasteiger partial charge on any atom is 0.328 e. The van der Waals surface area contributed by atoms with E-state index >= 15 is 0 Å². The summed E-state index contributed by atoms with van der Waals surface area (Å²) in [7, 11) is 0. The van der Waals surface area contributed by atoms with Crippen molar-refractivity contribution in [2.75, 3.05) is 5.32 Å². The fraction of sp³-hybridized carbons (Fsp3) is 0.357. The van der Waals surface area contributed by atoms with Crippen molar-refractivity contribution >= 4 is 23.8 Å². The second-order valence-electron chi connectivity index (χ2n) is 4.81. The van der Waals surface area contributed by atoms with Crippen LogP contribution >= 0.6 is 0 Å². The molecule has 0 saturated heterocycles. The van der Waals surface area contributed by atoms with E-state index in [9.17, 15) is 9.59 Å². The Hall–Kier alpha value is -2.17. The van der Waals surface area contributed by atoms with Crippen molar-refractivity contribution in [2.24, 2.45) is 5.41 Å². The first-order chi connectivity index (χ1) is 8.85. The molecule has 102 valence electrons. The van der Waals surface area contributed by atoms with E-state index in [-0.39, 0.29) is 5.91 Å². The van der Waals surface area contributed by atoms with E-state index in [0.717, 1.165) is 12.5 Å². The maximum atomic E-state index is 12.0. The summed E-state index contributed by atoms with van der Waals surface area (Å²) in [5.41, 5.74) is 0.0173. The largest absolute Gasteiger partial charge is 0.478 e. The van der Waals surface area contributed by atoms with Crippen LogP contribution in [0.5, 0.6) is 0 Å². The number of carboxylic acids is 1. The van der Waals surface area contributed by atoms with Gasteiger partial charge in [0.05, 0.1) is 5.69 Å². The molecule has 0 bridgehead atoms. The predicted molar refractivity (Wildman–Crippen MR) is 73.6 cm³/mol. The van der Waals surface area contributed by atoms with E-state index < -0.39 is 11.4 Å². The van der Waals surface area contributed by atoms with Gasteiger partial charge < -0.3 is 10.4 Å². The van der Waals surface area contributed by atoms with E-state index in [0.29, 0.717) is 11.5 Å². The molecule has 0 spiro atoms. The quantitative estimate of drug-likeness (QED) is 0.799. The van der Waals surface area contributed by atoms with Crippen LogP contribution in [0, 0.1) is 5.41 Å². The zero-order valence-electron chi connectivity index (χ0n) is 11.3. The normalized spacial score (nSPS) is 11.5. The standard InChI is InChI=1S/C14H18N2O3/c1-4-14(2,3)13(19)16-11-7-5-6-10(15-11)8-9-12(17)18/h5-9H,4H2,1-3H3,(H,17,18)(H,15,16,19)/b9-8+. The molecule has 5 nitrogen and oxygen atoms in total. The molecular formula is C14H18N2O3. The number of pyridine rings is 1. The minimum atomic E-state index is -1.04. The van der Waals surface area contributed by atoms with Crippen molar-refractivity contribution in [1.29, 1.82) is 0 Å². The van der Waals surface area contributed by atoms with Gasteiger partial charge in [-0.3, -0.25) is 4.79 Å². The lowest BCUT2D eigenvalue weighted by Crippen LogP contribution is -2.30. The number of hydrogen-bond donors (Lipinski definition) is 2. The number of rotatable bonds is 5. The lowest BCUT2D eigenvalue weighted by atomic mass is 9.89. The van der Waals surface area contributed by atoms with Crippen molar-refractivity contribution in [3.63, 3.8) is 0 Å². The summed E-state index contributed by atoms with van der Waals surface area (Å²) in [5.74, 6) is -0.732. The molecule has 0 radical (unpaired) electrons. The van der Waals surface area contributed by atoms with Crippen LogP contribution in [0.25, 0.3) is 6.08 Å². The van der Waals surface area contributed by atoms with Crippen molar-refractivity contribution < 1.29 is 14.7 Å². The molecule has 0 aliphatic rings. The van der Waals surface area contributed by atoms with Crippen LogP contribution in [0.4, 0.5) is 5.82 Å². The third kappa shape index (κ3) is 4.54. The van der Waals surface area contributed by atoms with Crippen molar-refractivity contribution in [3.05, 3.63) is 30.0 Å². The Morgan fingerprint density at radius 2 is 2.11 bits per heavy atom. The van der Waals surface area contributed by atoms with Gasteiger partial charge in [-0.1, -0.05) is 26.8 Å². The van der Waals surface area contributed by atoms with Gasteiger partial charge in [-0.25, -0.2) is 9.78 Å². The molecule has 0 unspecified atom stereocenters. The van der Waals surface area contributed by atoms with Crippen LogP contribution in [0.1, 0.15) is 32.9 Å². The Balaban J connectivity index is 2.83. The number of carbonyl (C=O) groups is 2. The second kappa shape index (κ2) is 6.13. The van der Waals surface area contributed by atoms with Crippen LogP contribution in [0.2, 0.25) is 0 Å². The van der Waals surface area contributed by atoms with Crippen LogP contribution in [0.15, 0.2) is 24.3 Å². The molecule has 0 aliphatic carbocycles. The van der Waals surface area contributed by atoms with Gasteiger partial charge in [-0.15, -0.1) is 0 Å². The molecule has 1 aromatic rings. The van der Waals surface area contributed by atoms with Gasteiger partial charge >= 0.3 is 5.97 Å². The minimum absolute atomic E-state index is 0.109. The highest BCUT2D eigenvalue weighted by atomic mass is 16.4. The number of anilines is 1. The van der Waals surface area contributed by atoms with E-state index in [2.05, 4.69) is 10.3 Å². The molecule has 1 amide bonds. The number of nitrogens with one attached hydrogen (secondary N) is 1. The zero-order valence-corrected chi connectivity index (χ0v) is 11.3. The van der Waals surface area contributed by atoms with Crippen molar-refractivity contribution in [2.45, 2.75) is 27.2 Å². The SMILES string of the molecule is CCC(C)(C)C(=O)Nc1cccc(/C=C/C(=O)O)n1.